The molecule has 0 saturated heterocycles. The van der Waals surface area contributed by atoms with E-state index in [2.05, 4.69) is 4.98 Å². The number of nitrogens with two attached hydrogens (primary N) is 2. The molecule has 0 aromatic carbocycles. The maximum absolute atomic E-state index is 12.5. The van der Waals surface area contributed by atoms with Gasteiger partial charge in [-0.15, -0.1) is 0 Å². The predicted molar refractivity (Wildman–Crippen MR) is 48.5 cm³/mol. The van der Waals surface area contributed by atoms with Crippen molar-refractivity contribution in [3.8, 4) is 0 Å². The van der Waals surface area contributed by atoms with Crippen LogP contribution in [0.4, 0.5) is 8.78 Å². The van der Waals surface area contributed by atoms with E-state index in [1.165, 1.54) is 6.07 Å². The van der Waals surface area contributed by atoms with Crippen LogP contribution in [0, 0.1) is 0 Å². The molecule has 0 bridgehead atoms. The van der Waals surface area contributed by atoms with Crippen LogP contribution in [-0.4, -0.2) is 13.4 Å². The number of alkyl halides is 2. The lowest BCUT2D eigenvalue weighted by Crippen LogP contribution is -2.19. The molecule has 0 saturated carbocycles. The minimum absolute atomic E-state index is 0.0304. The van der Waals surface area contributed by atoms with Crippen LogP contribution in [0.2, 0.25) is 0 Å². The van der Waals surface area contributed by atoms with Crippen molar-refractivity contribution in [2.45, 2.75) is 17.9 Å². The maximum Gasteiger partial charge on any atom is 0.281 e. The SMILES string of the molecule is NCc1ccnc(C(F)F)c1S(N)(=O)=O. The third kappa shape index (κ3) is 2.46. The topological polar surface area (TPSA) is 99.1 Å². The lowest BCUT2D eigenvalue weighted by atomic mass is 10.2. The molecular weight excluding hydrogens is 228 g/mol. The van der Waals surface area contributed by atoms with E-state index >= 15 is 0 Å². The van der Waals surface area contributed by atoms with Gasteiger partial charge in [0.15, 0.2) is 0 Å². The largest absolute Gasteiger partial charge is 0.326 e. The van der Waals surface area contributed by atoms with Crippen molar-refractivity contribution in [1.29, 1.82) is 0 Å². The summed E-state index contributed by atoms with van der Waals surface area (Å²) < 4.78 is 47.1. The summed E-state index contributed by atoms with van der Waals surface area (Å²) in [6.45, 7) is -0.200. The summed E-state index contributed by atoms with van der Waals surface area (Å²) in [5.74, 6) is 0. The molecule has 0 spiro atoms. The molecule has 0 atom stereocenters. The van der Waals surface area contributed by atoms with Crippen LogP contribution in [0.1, 0.15) is 17.7 Å². The van der Waals surface area contributed by atoms with Gasteiger partial charge in [-0.3, -0.25) is 4.98 Å². The first kappa shape index (κ1) is 12.0. The number of primary sulfonamides is 1. The van der Waals surface area contributed by atoms with Crippen LogP contribution in [-0.2, 0) is 16.6 Å². The Balaban J connectivity index is 3.55. The molecule has 0 radical (unpaired) electrons. The minimum atomic E-state index is -4.24. The highest BCUT2D eigenvalue weighted by Gasteiger charge is 2.24. The highest BCUT2D eigenvalue weighted by atomic mass is 32.2. The summed E-state index contributed by atoms with van der Waals surface area (Å²) in [7, 11) is -4.24. The fourth-order valence-electron chi connectivity index (χ4n) is 1.15. The average Bonchev–Trinajstić information content (AvgIpc) is 2.15. The molecule has 0 fully saturated rings. The Kier molecular flexibility index (Phi) is 3.32. The van der Waals surface area contributed by atoms with Crippen molar-refractivity contribution >= 4 is 10.0 Å². The normalized spacial score (nSPS) is 12.1. The monoisotopic (exact) mass is 237 g/mol. The van der Waals surface area contributed by atoms with Crippen molar-refractivity contribution < 1.29 is 17.2 Å². The fourth-order valence-corrected chi connectivity index (χ4v) is 2.10. The zero-order valence-electron chi connectivity index (χ0n) is 7.52. The fraction of sp³-hybridized carbons (Fsp3) is 0.286. The first-order valence-corrected chi connectivity index (χ1v) is 5.41. The van der Waals surface area contributed by atoms with Crippen molar-refractivity contribution in [1.82, 2.24) is 4.98 Å². The van der Waals surface area contributed by atoms with Gasteiger partial charge in [-0.1, -0.05) is 0 Å². The van der Waals surface area contributed by atoms with Gasteiger partial charge in [0, 0.05) is 12.7 Å². The Hall–Kier alpha value is -1.12. The summed E-state index contributed by atoms with van der Waals surface area (Å²) in [4.78, 5) is 2.61. The van der Waals surface area contributed by atoms with Crippen LogP contribution < -0.4 is 10.9 Å². The maximum atomic E-state index is 12.5. The summed E-state index contributed by atoms with van der Waals surface area (Å²) >= 11 is 0. The quantitative estimate of drug-likeness (QED) is 0.780. The average molecular weight is 237 g/mol. The minimum Gasteiger partial charge on any atom is -0.326 e. The number of pyridine rings is 1. The van der Waals surface area contributed by atoms with Gasteiger partial charge in [0.1, 0.15) is 10.6 Å². The van der Waals surface area contributed by atoms with E-state index in [4.69, 9.17) is 10.9 Å². The van der Waals surface area contributed by atoms with Gasteiger partial charge in [0.2, 0.25) is 10.0 Å². The molecule has 1 aromatic rings. The standard InChI is InChI=1S/C7H9F2N3O2S/c8-7(9)5-6(15(11,13)14)4(3-10)1-2-12-5/h1-2,7H,3,10H2,(H2,11,13,14). The van der Waals surface area contributed by atoms with E-state index in [1.54, 1.807) is 0 Å². The van der Waals surface area contributed by atoms with Gasteiger partial charge >= 0.3 is 0 Å². The molecule has 0 unspecified atom stereocenters. The Morgan fingerprint density at radius 1 is 1.47 bits per heavy atom. The van der Waals surface area contributed by atoms with Gasteiger partial charge < -0.3 is 5.73 Å². The highest BCUT2D eigenvalue weighted by molar-refractivity contribution is 7.89. The zero-order chi connectivity index (χ0) is 11.6. The molecule has 1 heterocycles. The summed E-state index contributed by atoms with van der Waals surface area (Å²) in [6.07, 6.45) is -1.94. The van der Waals surface area contributed by atoms with Gasteiger partial charge in [-0.25, -0.2) is 22.3 Å². The highest BCUT2D eigenvalue weighted by Crippen LogP contribution is 2.25. The van der Waals surface area contributed by atoms with Gasteiger partial charge in [0.05, 0.1) is 0 Å². The third-order valence-electron chi connectivity index (χ3n) is 1.72. The molecule has 84 valence electrons. The molecule has 8 heteroatoms. The molecule has 5 nitrogen and oxygen atoms in total. The van der Waals surface area contributed by atoms with Gasteiger partial charge in [0.25, 0.3) is 6.43 Å². The van der Waals surface area contributed by atoms with Crippen LogP contribution in [0.3, 0.4) is 0 Å². The van der Waals surface area contributed by atoms with E-state index in [9.17, 15) is 17.2 Å². The second-order valence-corrected chi connectivity index (χ2v) is 4.23. The van der Waals surface area contributed by atoms with Crippen molar-refractivity contribution in [2.24, 2.45) is 10.9 Å². The number of nitrogens with zero attached hydrogens (tertiary/aromatic N) is 1. The second-order valence-electron chi connectivity index (χ2n) is 2.73. The Bertz CT molecular complexity index is 461. The molecule has 0 aliphatic carbocycles. The summed E-state index contributed by atoms with van der Waals surface area (Å²) in [5, 5.41) is 4.82. The van der Waals surface area contributed by atoms with Crippen LogP contribution in [0.5, 0.6) is 0 Å². The second kappa shape index (κ2) is 4.17. The molecular formula is C7H9F2N3O2S. The molecule has 0 aliphatic rings. The van der Waals surface area contributed by atoms with Crippen LogP contribution >= 0.6 is 0 Å². The van der Waals surface area contributed by atoms with Gasteiger partial charge in [-0.05, 0) is 11.6 Å². The van der Waals surface area contributed by atoms with E-state index in [1.807, 2.05) is 0 Å². The van der Waals surface area contributed by atoms with E-state index in [-0.39, 0.29) is 12.1 Å². The molecule has 0 amide bonds. The molecule has 4 N–H and O–H groups in total. The van der Waals surface area contributed by atoms with Gasteiger partial charge in [-0.2, -0.15) is 0 Å². The molecule has 15 heavy (non-hydrogen) atoms. The molecule has 1 rings (SSSR count). The van der Waals surface area contributed by atoms with Crippen molar-refractivity contribution in [2.75, 3.05) is 0 Å². The number of aromatic nitrogens is 1. The van der Waals surface area contributed by atoms with Crippen LogP contribution in [0.15, 0.2) is 17.2 Å². The van der Waals surface area contributed by atoms with Crippen molar-refractivity contribution in [3.05, 3.63) is 23.5 Å². The summed E-state index contributed by atoms with van der Waals surface area (Å²) in [5.41, 5.74) is 4.39. The van der Waals surface area contributed by atoms with E-state index in [0.29, 0.717) is 0 Å². The Morgan fingerprint density at radius 2 is 2.07 bits per heavy atom. The van der Waals surface area contributed by atoms with Crippen molar-refractivity contribution in [3.63, 3.8) is 0 Å². The Labute approximate surface area is 85.2 Å². The lowest BCUT2D eigenvalue weighted by Gasteiger charge is -2.09. The third-order valence-corrected chi connectivity index (χ3v) is 2.77. The number of hydrogen-bond acceptors (Lipinski definition) is 4. The number of sulfonamides is 1. The first-order valence-electron chi connectivity index (χ1n) is 3.86. The molecule has 1 aromatic heterocycles. The zero-order valence-corrected chi connectivity index (χ0v) is 8.34. The number of rotatable bonds is 3. The number of halogens is 2. The van der Waals surface area contributed by atoms with Crippen LogP contribution in [0.25, 0.3) is 0 Å². The van der Waals surface area contributed by atoms with E-state index in [0.717, 1.165) is 6.20 Å². The lowest BCUT2D eigenvalue weighted by molar-refractivity contribution is 0.142. The Morgan fingerprint density at radius 3 is 2.47 bits per heavy atom. The number of hydrogen-bond donors (Lipinski definition) is 2. The summed E-state index contributed by atoms with van der Waals surface area (Å²) in [6, 6.07) is 1.24. The van der Waals surface area contributed by atoms with E-state index < -0.39 is 27.0 Å². The smallest absolute Gasteiger partial charge is 0.281 e. The molecule has 0 aliphatic heterocycles. The first-order chi connectivity index (χ1) is 6.88. The predicted octanol–water partition coefficient (Wildman–Crippen LogP) is 0.125.